The maximum absolute atomic E-state index is 4.20. The van der Waals surface area contributed by atoms with Crippen molar-refractivity contribution in [3.63, 3.8) is 0 Å². The van der Waals surface area contributed by atoms with Gasteiger partial charge in [-0.2, -0.15) is 10.2 Å². The lowest BCUT2D eigenvalue weighted by Crippen LogP contribution is -2.16. The molecule has 0 aromatic rings. The van der Waals surface area contributed by atoms with E-state index in [0.29, 0.717) is 47.8 Å². The van der Waals surface area contributed by atoms with Gasteiger partial charge >= 0.3 is 0 Å². The maximum atomic E-state index is 4.20. The molecule has 2 N–H and O–H groups in total. The molecular formula is C28H62N6. The number of nitrogens with zero attached hydrogens (tertiary/aromatic N) is 4. The van der Waals surface area contributed by atoms with Gasteiger partial charge in [-0.05, 0) is 79.1 Å². The van der Waals surface area contributed by atoms with Crippen LogP contribution in [0.1, 0.15) is 111 Å². The fraction of sp³-hybridized carbons (Fsp3) is 0.857. The number of rotatable bonds is 10. The smallest absolute Gasteiger partial charge is 0.0439 e. The molecule has 0 aliphatic heterocycles. The summed E-state index contributed by atoms with van der Waals surface area (Å²) in [6, 6.07) is 1.80. The first-order chi connectivity index (χ1) is 15.5. The Kier molecular flexibility index (Phi) is 32.0. The minimum absolute atomic E-state index is 0.444. The van der Waals surface area contributed by atoms with Crippen molar-refractivity contribution in [3.8, 4) is 0 Å². The van der Waals surface area contributed by atoms with Crippen molar-refractivity contribution in [3.05, 3.63) is 0 Å². The third kappa shape index (κ3) is 63.1. The molecule has 0 unspecified atom stereocenters. The first-order valence-corrected chi connectivity index (χ1v) is 13.1. The standard InChI is InChI=1S/2C7H16N2.2C7H15N/c2*1-6(2)5-8-9-7(3)4;2*1-6(2)5-8-7(3)4/h2*5-7,9H,1-4H3;2*5-7H,1-4H3. The second-order valence-corrected chi connectivity index (χ2v) is 10.9. The van der Waals surface area contributed by atoms with Crippen molar-refractivity contribution in [1.29, 1.82) is 0 Å². The van der Waals surface area contributed by atoms with Crippen LogP contribution < -0.4 is 10.9 Å². The number of aliphatic imine (C=N–C) groups is 2. The van der Waals surface area contributed by atoms with Crippen molar-refractivity contribution in [2.45, 2.75) is 135 Å². The molecule has 6 nitrogen and oxygen atoms in total. The van der Waals surface area contributed by atoms with Gasteiger partial charge in [0, 0.05) is 49.0 Å². The summed E-state index contributed by atoms with van der Waals surface area (Å²) in [6.45, 7) is 33.5. The highest BCUT2D eigenvalue weighted by atomic mass is 15.3. The predicted octanol–water partition coefficient (Wildman–Crippen LogP) is 7.50. The average molecular weight is 483 g/mol. The first kappa shape index (κ1) is 39.5. The normalized spacial score (nSPS) is 12.0. The zero-order valence-electron chi connectivity index (χ0n) is 25.7. The number of nitrogens with one attached hydrogen (secondary N) is 2. The van der Waals surface area contributed by atoms with E-state index in [9.17, 15) is 0 Å². The minimum Gasteiger partial charge on any atom is -0.308 e. The SMILES string of the molecule is CC(C)C=NC(C)C.CC(C)C=NC(C)C.CC(C)C=NNC(C)C.CC(C)C=NNC(C)C. The largest absolute Gasteiger partial charge is 0.308 e. The lowest BCUT2D eigenvalue weighted by Gasteiger charge is -2.02. The lowest BCUT2D eigenvalue weighted by molar-refractivity contribution is 0.618. The highest BCUT2D eigenvalue weighted by molar-refractivity contribution is 5.60. The fourth-order valence-electron chi connectivity index (χ4n) is 1.37. The van der Waals surface area contributed by atoms with Crippen molar-refractivity contribution >= 4 is 24.9 Å². The summed E-state index contributed by atoms with van der Waals surface area (Å²) in [4.78, 5) is 8.40. The minimum atomic E-state index is 0.444. The Labute approximate surface area is 214 Å². The average Bonchev–Trinajstić information content (AvgIpc) is 2.65. The monoisotopic (exact) mass is 483 g/mol. The van der Waals surface area contributed by atoms with Gasteiger partial charge in [-0.15, -0.1) is 0 Å². The van der Waals surface area contributed by atoms with Crippen LogP contribution in [-0.2, 0) is 0 Å². The Bertz CT molecular complexity index is 433. The Morgan fingerprint density at radius 2 is 0.618 bits per heavy atom. The van der Waals surface area contributed by atoms with Crippen molar-refractivity contribution in [2.75, 3.05) is 0 Å². The fourth-order valence-corrected chi connectivity index (χ4v) is 1.37. The van der Waals surface area contributed by atoms with Crippen LogP contribution in [0.15, 0.2) is 20.2 Å². The number of hydrazone groups is 2. The maximum Gasteiger partial charge on any atom is 0.0439 e. The van der Waals surface area contributed by atoms with Crippen molar-refractivity contribution in [1.82, 2.24) is 10.9 Å². The van der Waals surface area contributed by atoms with E-state index in [4.69, 9.17) is 0 Å². The van der Waals surface area contributed by atoms with Gasteiger partial charge in [0.25, 0.3) is 0 Å². The predicted molar refractivity (Wildman–Crippen MR) is 160 cm³/mol. The molecule has 0 aromatic heterocycles. The second kappa shape index (κ2) is 27.5. The summed E-state index contributed by atoms with van der Waals surface area (Å²) in [5.41, 5.74) is 5.89. The van der Waals surface area contributed by atoms with Crippen LogP contribution >= 0.6 is 0 Å². The van der Waals surface area contributed by atoms with E-state index in [2.05, 4.69) is 142 Å². The van der Waals surface area contributed by atoms with E-state index in [1.165, 1.54) is 0 Å². The van der Waals surface area contributed by atoms with E-state index in [1.807, 2.05) is 24.9 Å². The molecule has 0 heterocycles. The van der Waals surface area contributed by atoms with Crippen molar-refractivity contribution in [2.24, 2.45) is 43.9 Å². The van der Waals surface area contributed by atoms with Gasteiger partial charge in [0.05, 0.1) is 0 Å². The molecule has 0 fully saturated rings. The summed E-state index contributed by atoms with van der Waals surface area (Å²) in [7, 11) is 0. The highest BCUT2D eigenvalue weighted by Gasteiger charge is 1.88. The summed E-state index contributed by atoms with van der Waals surface area (Å²) in [5.74, 6) is 2.27. The zero-order chi connectivity index (χ0) is 27.7. The van der Waals surface area contributed by atoms with Crippen LogP contribution in [-0.4, -0.2) is 49.0 Å². The highest BCUT2D eigenvalue weighted by Crippen LogP contribution is 1.90. The molecule has 34 heavy (non-hydrogen) atoms. The second-order valence-electron chi connectivity index (χ2n) is 10.9. The Morgan fingerprint density at radius 1 is 0.382 bits per heavy atom. The zero-order valence-corrected chi connectivity index (χ0v) is 25.7. The van der Waals surface area contributed by atoms with Crippen LogP contribution in [0.3, 0.4) is 0 Å². The van der Waals surface area contributed by atoms with E-state index >= 15 is 0 Å². The van der Waals surface area contributed by atoms with Gasteiger partial charge in [0.15, 0.2) is 0 Å². The van der Waals surface area contributed by atoms with Gasteiger partial charge in [0.2, 0.25) is 0 Å². The van der Waals surface area contributed by atoms with Gasteiger partial charge in [-0.3, -0.25) is 9.98 Å². The molecule has 0 spiro atoms. The molecule has 0 aliphatic rings. The van der Waals surface area contributed by atoms with Crippen LogP contribution in [0.25, 0.3) is 0 Å². The molecule has 0 amide bonds. The van der Waals surface area contributed by atoms with Gasteiger partial charge in [-0.1, -0.05) is 55.4 Å². The van der Waals surface area contributed by atoms with E-state index in [0.717, 1.165) is 0 Å². The summed E-state index contributed by atoms with van der Waals surface area (Å²) < 4.78 is 0. The quantitative estimate of drug-likeness (QED) is 0.250. The molecule has 0 aliphatic carbocycles. The Balaban J connectivity index is -0.000000177. The molecule has 0 rings (SSSR count). The molecule has 0 bridgehead atoms. The molecule has 0 atom stereocenters. The third-order valence-corrected chi connectivity index (χ3v) is 2.78. The third-order valence-electron chi connectivity index (χ3n) is 2.78. The summed E-state index contributed by atoms with van der Waals surface area (Å²) in [6.07, 6.45) is 7.79. The molecule has 0 saturated carbocycles. The van der Waals surface area contributed by atoms with Gasteiger partial charge in [-0.25, -0.2) is 0 Å². The van der Waals surface area contributed by atoms with E-state index in [1.54, 1.807) is 0 Å². The number of hydrogen-bond donors (Lipinski definition) is 2. The van der Waals surface area contributed by atoms with E-state index < -0.39 is 0 Å². The lowest BCUT2D eigenvalue weighted by atomic mass is 10.2. The molecule has 0 radical (unpaired) electrons. The van der Waals surface area contributed by atoms with Gasteiger partial charge < -0.3 is 10.9 Å². The first-order valence-electron chi connectivity index (χ1n) is 13.1. The topological polar surface area (TPSA) is 73.5 Å². The van der Waals surface area contributed by atoms with Crippen LogP contribution in [0, 0.1) is 23.7 Å². The van der Waals surface area contributed by atoms with E-state index in [-0.39, 0.29) is 0 Å². The van der Waals surface area contributed by atoms with Crippen molar-refractivity contribution < 1.29 is 0 Å². The van der Waals surface area contributed by atoms with Crippen LogP contribution in [0.2, 0.25) is 0 Å². The van der Waals surface area contributed by atoms with Crippen LogP contribution in [0.4, 0.5) is 0 Å². The molecule has 0 aromatic carbocycles. The molecular weight excluding hydrogens is 420 g/mol. The number of hydrogen-bond acceptors (Lipinski definition) is 6. The summed E-state index contributed by atoms with van der Waals surface area (Å²) >= 11 is 0. The molecule has 6 heteroatoms. The van der Waals surface area contributed by atoms with Gasteiger partial charge in [0.1, 0.15) is 0 Å². The summed E-state index contributed by atoms with van der Waals surface area (Å²) in [5, 5.41) is 7.99. The van der Waals surface area contributed by atoms with Crippen LogP contribution in [0.5, 0.6) is 0 Å². The molecule has 204 valence electrons. The Hall–Kier alpha value is -1.72. The Morgan fingerprint density at radius 3 is 0.735 bits per heavy atom. The molecule has 0 saturated heterocycles.